The van der Waals surface area contributed by atoms with Gasteiger partial charge in [0.1, 0.15) is 11.6 Å². The standard InChI is InChI=1S/C14H16N4/c1-9-16-13(18-14(15)17-9)12-8-4-6-10-5-2-3-7-11(10)12/h2-3,5,7,12H,4,6,8H2,1H3,(H2,15,16,17,18). The van der Waals surface area contributed by atoms with Crippen molar-refractivity contribution in [2.75, 3.05) is 5.73 Å². The van der Waals surface area contributed by atoms with Crippen LogP contribution >= 0.6 is 0 Å². The van der Waals surface area contributed by atoms with Gasteiger partial charge in [-0.2, -0.15) is 9.97 Å². The molecule has 18 heavy (non-hydrogen) atoms. The number of aryl methyl sites for hydroxylation is 2. The molecule has 0 amide bonds. The van der Waals surface area contributed by atoms with Crippen LogP contribution in [0, 0.1) is 6.92 Å². The molecule has 4 nitrogen and oxygen atoms in total. The molecule has 0 fully saturated rings. The summed E-state index contributed by atoms with van der Waals surface area (Å²) in [5.41, 5.74) is 8.47. The minimum absolute atomic E-state index is 0.263. The highest BCUT2D eigenvalue weighted by molar-refractivity contribution is 5.37. The monoisotopic (exact) mass is 240 g/mol. The Bertz CT molecular complexity index is 560. The molecular formula is C14H16N4. The Hall–Kier alpha value is -1.97. The van der Waals surface area contributed by atoms with Crippen molar-refractivity contribution in [2.45, 2.75) is 32.1 Å². The Kier molecular flexibility index (Phi) is 2.70. The van der Waals surface area contributed by atoms with Gasteiger partial charge in [0, 0.05) is 5.92 Å². The molecule has 1 aromatic heterocycles. The van der Waals surface area contributed by atoms with E-state index in [0.717, 1.165) is 18.7 Å². The van der Waals surface area contributed by atoms with Crippen LogP contribution in [0.5, 0.6) is 0 Å². The molecule has 0 bridgehead atoms. The van der Waals surface area contributed by atoms with Gasteiger partial charge in [-0.25, -0.2) is 4.98 Å². The van der Waals surface area contributed by atoms with Crippen molar-refractivity contribution >= 4 is 5.95 Å². The van der Waals surface area contributed by atoms with Crippen LogP contribution in [0.3, 0.4) is 0 Å². The fraction of sp³-hybridized carbons (Fsp3) is 0.357. The number of hydrogen-bond donors (Lipinski definition) is 1. The molecule has 1 atom stereocenters. The highest BCUT2D eigenvalue weighted by Crippen LogP contribution is 2.34. The Balaban J connectivity index is 2.08. The Morgan fingerprint density at radius 3 is 2.83 bits per heavy atom. The van der Waals surface area contributed by atoms with Crippen molar-refractivity contribution < 1.29 is 0 Å². The van der Waals surface area contributed by atoms with Crippen LogP contribution in [0.2, 0.25) is 0 Å². The first-order valence-corrected chi connectivity index (χ1v) is 6.30. The quantitative estimate of drug-likeness (QED) is 0.830. The predicted octanol–water partition coefficient (Wildman–Crippen LogP) is 2.23. The van der Waals surface area contributed by atoms with E-state index in [0.29, 0.717) is 11.8 Å². The molecule has 1 aliphatic carbocycles. The summed E-state index contributed by atoms with van der Waals surface area (Å²) >= 11 is 0. The lowest BCUT2D eigenvalue weighted by molar-refractivity contribution is 0.586. The summed E-state index contributed by atoms with van der Waals surface area (Å²) in [7, 11) is 0. The molecule has 1 unspecified atom stereocenters. The molecule has 0 saturated carbocycles. The van der Waals surface area contributed by atoms with Crippen LogP contribution in [0.25, 0.3) is 0 Å². The minimum atomic E-state index is 0.263. The summed E-state index contributed by atoms with van der Waals surface area (Å²) in [4.78, 5) is 12.8. The van der Waals surface area contributed by atoms with Gasteiger partial charge in [-0.1, -0.05) is 24.3 Å². The summed E-state index contributed by atoms with van der Waals surface area (Å²) in [6.07, 6.45) is 3.40. The van der Waals surface area contributed by atoms with Gasteiger partial charge in [-0.05, 0) is 37.3 Å². The van der Waals surface area contributed by atoms with Gasteiger partial charge < -0.3 is 5.73 Å². The largest absolute Gasteiger partial charge is 0.368 e. The second-order valence-electron chi connectivity index (χ2n) is 4.74. The number of benzene rings is 1. The number of anilines is 1. The fourth-order valence-electron chi connectivity index (χ4n) is 2.70. The van der Waals surface area contributed by atoms with Gasteiger partial charge in [0.2, 0.25) is 5.95 Å². The summed E-state index contributed by atoms with van der Waals surface area (Å²) in [5.74, 6) is 2.09. The highest BCUT2D eigenvalue weighted by atomic mass is 15.1. The zero-order valence-corrected chi connectivity index (χ0v) is 10.4. The van der Waals surface area contributed by atoms with E-state index in [4.69, 9.17) is 5.73 Å². The molecule has 0 spiro atoms. The van der Waals surface area contributed by atoms with Crippen molar-refractivity contribution in [2.24, 2.45) is 0 Å². The van der Waals surface area contributed by atoms with Crippen LogP contribution in [0.4, 0.5) is 5.95 Å². The molecule has 0 radical (unpaired) electrons. The minimum Gasteiger partial charge on any atom is -0.368 e. The molecular weight excluding hydrogens is 224 g/mol. The van der Waals surface area contributed by atoms with Crippen LogP contribution in [0.15, 0.2) is 24.3 Å². The molecule has 2 N–H and O–H groups in total. The average Bonchev–Trinajstić information content (AvgIpc) is 2.37. The van der Waals surface area contributed by atoms with Crippen LogP contribution in [0.1, 0.15) is 41.5 Å². The maximum absolute atomic E-state index is 5.72. The van der Waals surface area contributed by atoms with Gasteiger partial charge in [0.05, 0.1) is 0 Å². The normalized spacial score (nSPS) is 18.4. The maximum atomic E-state index is 5.72. The number of nitrogens with two attached hydrogens (primary N) is 1. The number of fused-ring (bicyclic) bond motifs is 1. The molecule has 1 aromatic carbocycles. The second-order valence-corrected chi connectivity index (χ2v) is 4.74. The summed E-state index contributed by atoms with van der Waals surface area (Å²) < 4.78 is 0. The van der Waals surface area contributed by atoms with Crippen molar-refractivity contribution in [1.82, 2.24) is 15.0 Å². The summed E-state index contributed by atoms with van der Waals surface area (Å²) in [6.45, 7) is 1.86. The van der Waals surface area contributed by atoms with Gasteiger partial charge in [-0.15, -0.1) is 0 Å². The van der Waals surface area contributed by atoms with Crippen molar-refractivity contribution in [3.8, 4) is 0 Å². The third-order valence-corrected chi connectivity index (χ3v) is 3.46. The second kappa shape index (κ2) is 4.37. The topological polar surface area (TPSA) is 64.7 Å². The maximum Gasteiger partial charge on any atom is 0.223 e. The van der Waals surface area contributed by atoms with Crippen LogP contribution < -0.4 is 5.73 Å². The summed E-state index contributed by atoms with van der Waals surface area (Å²) in [5, 5.41) is 0. The number of aromatic nitrogens is 3. The van der Waals surface area contributed by atoms with Crippen molar-refractivity contribution in [1.29, 1.82) is 0 Å². The van der Waals surface area contributed by atoms with E-state index in [2.05, 4.69) is 39.2 Å². The van der Waals surface area contributed by atoms with Gasteiger partial charge in [-0.3, -0.25) is 0 Å². The third-order valence-electron chi connectivity index (χ3n) is 3.46. The third kappa shape index (κ3) is 1.94. The number of nitrogens with zero attached hydrogens (tertiary/aromatic N) is 3. The van der Waals surface area contributed by atoms with E-state index in [1.165, 1.54) is 17.5 Å². The smallest absolute Gasteiger partial charge is 0.223 e. The first kappa shape index (κ1) is 11.1. The zero-order chi connectivity index (χ0) is 12.5. The van der Waals surface area contributed by atoms with Crippen LogP contribution in [-0.4, -0.2) is 15.0 Å². The Morgan fingerprint density at radius 1 is 1.17 bits per heavy atom. The molecule has 0 aliphatic heterocycles. The van der Waals surface area contributed by atoms with Crippen molar-refractivity contribution in [3.05, 3.63) is 47.0 Å². The first-order valence-electron chi connectivity index (χ1n) is 6.30. The van der Waals surface area contributed by atoms with E-state index in [1.54, 1.807) is 0 Å². The van der Waals surface area contributed by atoms with Gasteiger partial charge in [0.25, 0.3) is 0 Å². The van der Waals surface area contributed by atoms with E-state index >= 15 is 0 Å². The highest BCUT2D eigenvalue weighted by Gasteiger charge is 2.24. The summed E-state index contributed by atoms with van der Waals surface area (Å²) in [6, 6.07) is 8.54. The average molecular weight is 240 g/mol. The van der Waals surface area contributed by atoms with Gasteiger partial charge >= 0.3 is 0 Å². The lowest BCUT2D eigenvalue weighted by Crippen LogP contribution is -2.15. The van der Waals surface area contributed by atoms with E-state index in [1.807, 2.05) is 6.92 Å². The number of nitrogen functional groups attached to an aromatic ring is 1. The van der Waals surface area contributed by atoms with E-state index in [-0.39, 0.29) is 5.92 Å². The molecule has 1 heterocycles. The number of rotatable bonds is 1. The fourth-order valence-corrected chi connectivity index (χ4v) is 2.70. The molecule has 0 saturated heterocycles. The van der Waals surface area contributed by atoms with E-state index in [9.17, 15) is 0 Å². The zero-order valence-electron chi connectivity index (χ0n) is 10.4. The Morgan fingerprint density at radius 2 is 2.00 bits per heavy atom. The SMILES string of the molecule is Cc1nc(N)nc(C2CCCc3ccccc32)n1. The molecule has 92 valence electrons. The number of hydrogen-bond acceptors (Lipinski definition) is 4. The molecule has 1 aliphatic rings. The first-order chi connectivity index (χ1) is 8.74. The Labute approximate surface area is 106 Å². The molecule has 2 aromatic rings. The van der Waals surface area contributed by atoms with Crippen LogP contribution in [-0.2, 0) is 6.42 Å². The lowest BCUT2D eigenvalue weighted by atomic mass is 9.82. The predicted molar refractivity (Wildman–Crippen MR) is 70.2 cm³/mol. The molecule has 4 heteroatoms. The molecule has 3 rings (SSSR count). The lowest BCUT2D eigenvalue weighted by Gasteiger charge is -2.24. The van der Waals surface area contributed by atoms with Gasteiger partial charge in [0.15, 0.2) is 0 Å². The van der Waals surface area contributed by atoms with Crippen molar-refractivity contribution in [3.63, 3.8) is 0 Å². The van der Waals surface area contributed by atoms with E-state index < -0.39 is 0 Å².